The van der Waals surface area contributed by atoms with E-state index in [1.807, 2.05) is 6.92 Å². The van der Waals surface area contributed by atoms with Crippen LogP contribution in [-0.4, -0.2) is 17.4 Å². The first kappa shape index (κ1) is 13.1. The third kappa shape index (κ3) is 4.20. The largest absolute Gasteiger partial charge is 0.330 e. The Morgan fingerprint density at radius 2 is 2.06 bits per heavy atom. The summed E-state index contributed by atoms with van der Waals surface area (Å²) in [5, 5.41) is 13.1. The van der Waals surface area contributed by atoms with Crippen LogP contribution in [0.25, 0.3) is 0 Å². The van der Waals surface area contributed by atoms with E-state index in [1.54, 1.807) is 0 Å². The summed E-state index contributed by atoms with van der Waals surface area (Å²) >= 11 is 0. The van der Waals surface area contributed by atoms with E-state index in [0.717, 1.165) is 0 Å². The number of nitro groups is 1. The molecule has 0 saturated carbocycles. The number of benzene rings is 1. The number of non-ortho nitro benzene ring substituents is 1. The molecule has 92 valence electrons. The molecule has 1 aromatic rings. The van der Waals surface area contributed by atoms with Crippen LogP contribution in [0, 0.1) is 16.0 Å². The maximum absolute atomic E-state index is 11.5. The van der Waals surface area contributed by atoms with E-state index in [0.29, 0.717) is 18.7 Å². The normalized spacial score (nSPS) is 11.9. The van der Waals surface area contributed by atoms with Gasteiger partial charge in [0.2, 0.25) is 5.91 Å². The van der Waals surface area contributed by atoms with Gasteiger partial charge in [-0.05, 0) is 24.6 Å². The Morgan fingerprint density at radius 3 is 2.53 bits per heavy atom. The fourth-order valence-electron chi connectivity index (χ4n) is 1.28. The van der Waals surface area contributed by atoms with Crippen molar-refractivity contribution in [3.8, 4) is 0 Å². The Hall–Kier alpha value is -1.95. The zero-order chi connectivity index (χ0) is 12.8. The summed E-state index contributed by atoms with van der Waals surface area (Å²) in [4.78, 5) is 21.4. The van der Waals surface area contributed by atoms with Crippen molar-refractivity contribution < 1.29 is 9.72 Å². The summed E-state index contributed by atoms with van der Waals surface area (Å²) in [6, 6.07) is 5.70. The lowest BCUT2D eigenvalue weighted by molar-refractivity contribution is -0.384. The minimum absolute atomic E-state index is 0.00155. The van der Waals surface area contributed by atoms with Gasteiger partial charge in [-0.2, -0.15) is 0 Å². The van der Waals surface area contributed by atoms with Crippen molar-refractivity contribution in [3.05, 3.63) is 34.4 Å². The molecule has 0 heterocycles. The van der Waals surface area contributed by atoms with Crippen molar-refractivity contribution in [1.82, 2.24) is 0 Å². The van der Waals surface area contributed by atoms with Crippen LogP contribution in [-0.2, 0) is 4.79 Å². The van der Waals surface area contributed by atoms with Crippen LogP contribution >= 0.6 is 0 Å². The number of carbonyl (C=O) groups is 1. The Balaban J connectivity index is 2.57. The number of nitrogens with one attached hydrogen (secondary N) is 1. The second-order valence-corrected chi connectivity index (χ2v) is 3.90. The predicted molar refractivity (Wildman–Crippen MR) is 64.6 cm³/mol. The Bertz CT molecular complexity index is 403. The third-order valence-corrected chi connectivity index (χ3v) is 2.30. The third-order valence-electron chi connectivity index (χ3n) is 2.30. The highest BCUT2D eigenvalue weighted by Gasteiger charge is 2.09. The zero-order valence-electron chi connectivity index (χ0n) is 9.55. The van der Waals surface area contributed by atoms with E-state index in [4.69, 9.17) is 5.73 Å². The maximum Gasteiger partial charge on any atom is 0.269 e. The molecule has 1 aromatic carbocycles. The molecule has 1 unspecified atom stereocenters. The highest BCUT2D eigenvalue weighted by Crippen LogP contribution is 2.15. The summed E-state index contributed by atoms with van der Waals surface area (Å²) in [5.41, 5.74) is 5.96. The van der Waals surface area contributed by atoms with Gasteiger partial charge in [0.1, 0.15) is 0 Å². The lowest BCUT2D eigenvalue weighted by Crippen LogP contribution is -2.20. The molecule has 1 rings (SSSR count). The molecular weight excluding hydrogens is 222 g/mol. The van der Waals surface area contributed by atoms with Crippen molar-refractivity contribution >= 4 is 17.3 Å². The first-order chi connectivity index (χ1) is 8.02. The van der Waals surface area contributed by atoms with Crippen molar-refractivity contribution in [3.63, 3.8) is 0 Å². The molecule has 6 nitrogen and oxygen atoms in total. The highest BCUT2D eigenvalue weighted by molar-refractivity contribution is 5.90. The molecule has 0 aliphatic rings. The molecule has 0 radical (unpaired) electrons. The summed E-state index contributed by atoms with van der Waals surface area (Å²) in [6.07, 6.45) is 0.341. The average Bonchev–Trinajstić information content (AvgIpc) is 2.29. The van der Waals surface area contributed by atoms with Gasteiger partial charge in [-0.15, -0.1) is 0 Å². The van der Waals surface area contributed by atoms with Crippen LogP contribution in [0.2, 0.25) is 0 Å². The lowest BCUT2D eigenvalue weighted by atomic mass is 10.1. The number of hydrogen-bond acceptors (Lipinski definition) is 4. The Morgan fingerprint density at radius 1 is 1.47 bits per heavy atom. The Kier molecular flexibility index (Phi) is 4.59. The van der Waals surface area contributed by atoms with Gasteiger partial charge in [-0.3, -0.25) is 14.9 Å². The van der Waals surface area contributed by atoms with Crippen LogP contribution in [0.3, 0.4) is 0 Å². The molecule has 0 spiro atoms. The number of hydrogen-bond donors (Lipinski definition) is 2. The number of anilines is 1. The number of amides is 1. The number of nitrogens with two attached hydrogens (primary N) is 1. The molecule has 0 bridgehead atoms. The summed E-state index contributed by atoms with van der Waals surface area (Å²) in [5.74, 6) is -0.0233. The van der Waals surface area contributed by atoms with Crippen molar-refractivity contribution in [2.75, 3.05) is 11.9 Å². The highest BCUT2D eigenvalue weighted by atomic mass is 16.6. The van der Waals surface area contributed by atoms with E-state index in [1.165, 1.54) is 24.3 Å². The lowest BCUT2D eigenvalue weighted by Gasteiger charge is -2.08. The molecule has 0 aliphatic carbocycles. The number of nitro benzene ring substituents is 1. The topological polar surface area (TPSA) is 98.3 Å². The van der Waals surface area contributed by atoms with Crippen LogP contribution in [0.4, 0.5) is 11.4 Å². The molecule has 3 N–H and O–H groups in total. The maximum atomic E-state index is 11.5. The van der Waals surface area contributed by atoms with Crippen LogP contribution in [0.1, 0.15) is 13.3 Å². The molecule has 1 atom stereocenters. The second-order valence-electron chi connectivity index (χ2n) is 3.90. The fourth-order valence-corrected chi connectivity index (χ4v) is 1.28. The standard InChI is InChI=1S/C11H15N3O3/c1-8(7-12)6-11(15)13-9-2-4-10(5-3-9)14(16)17/h2-5,8H,6-7,12H2,1H3,(H,13,15). The first-order valence-corrected chi connectivity index (χ1v) is 5.27. The molecule has 0 saturated heterocycles. The number of carbonyl (C=O) groups excluding carboxylic acids is 1. The van der Waals surface area contributed by atoms with E-state index in [2.05, 4.69) is 5.32 Å². The molecule has 6 heteroatoms. The van der Waals surface area contributed by atoms with Crippen LogP contribution < -0.4 is 11.1 Å². The van der Waals surface area contributed by atoms with E-state index in [-0.39, 0.29) is 17.5 Å². The van der Waals surface area contributed by atoms with Gasteiger partial charge >= 0.3 is 0 Å². The van der Waals surface area contributed by atoms with Gasteiger partial charge in [-0.1, -0.05) is 6.92 Å². The van der Waals surface area contributed by atoms with Gasteiger partial charge < -0.3 is 11.1 Å². The van der Waals surface area contributed by atoms with E-state index < -0.39 is 4.92 Å². The van der Waals surface area contributed by atoms with Crippen molar-refractivity contribution in [1.29, 1.82) is 0 Å². The van der Waals surface area contributed by atoms with Gasteiger partial charge in [0, 0.05) is 24.2 Å². The van der Waals surface area contributed by atoms with E-state index in [9.17, 15) is 14.9 Å². The first-order valence-electron chi connectivity index (χ1n) is 5.27. The summed E-state index contributed by atoms with van der Waals surface area (Å²) < 4.78 is 0. The molecule has 1 amide bonds. The van der Waals surface area contributed by atoms with Crippen molar-refractivity contribution in [2.24, 2.45) is 11.7 Å². The van der Waals surface area contributed by atoms with Crippen molar-refractivity contribution in [2.45, 2.75) is 13.3 Å². The predicted octanol–water partition coefficient (Wildman–Crippen LogP) is 1.52. The number of rotatable bonds is 5. The summed E-state index contributed by atoms with van der Waals surface area (Å²) in [6.45, 7) is 2.34. The second kappa shape index (κ2) is 5.95. The smallest absolute Gasteiger partial charge is 0.269 e. The van der Waals surface area contributed by atoms with Gasteiger partial charge in [0.15, 0.2) is 0 Å². The number of nitrogens with zero attached hydrogens (tertiary/aromatic N) is 1. The minimum Gasteiger partial charge on any atom is -0.330 e. The summed E-state index contributed by atoms with van der Waals surface area (Å²) in [7, 11) is 0. The monoisotopic (exact) mass is 237 g/mol. The van der Waals surface area contributed by atoms with E-state index >= 15 is 0 Å². The Labute approximate surface area is 99.0 Å². The molecule has 0 aromatic heterocycles. The zero-order valence-corrected chi connectivity index (χ0v) is 9.55. The average molecular weight is 237 g/mol. The molecule has 0 aliphatic heterocycles. The SMILES string of the molecule is CC(CN)CC(=O)Nc1ccc([N+](=O)[O-])cc1. The fraction of sp³-hybridized carbons (Fsp3) is 0.364. The quantitative estimate of drug-likeness (QED) is 0.599. The van der Waals surface area contributed by atoms with Crippen LogP contribution in [0.15, 0.2) is 24.3 Å². The molecular formula is C11H15N3O3. The van der Waals surface area contributed by atoms with Crippen LogP contribution in [0.5, 0.6) is 0 Å². The molecule has 0 fully saturated rings. The minimum atomic E-state index is -0.484. The van der Waals surface area contributed by atoms with Gasteiger partial charge in [-0.25, -0.2) is 0 Å². The molecule has 17 heavy (non-hydrogen) atoms. The van der Waals surface area contributed by atoms with Gasteiger partial charge in [0.05, 0.1) is 4.92 Å². The van der Waals surface area contributed by atoms with Gasteiger partial charge in [0.25, 0.3) is 5.69 Å².